The number of nitrogens with one attached hydrogen (secondary N) is 1. The fourth-order valence-corrected chi connectivity index (χ4v) is 4.09. The number of hydrogen-bond acceptors (Lipinski definition) is 7. The molecule has 0 bridgehead atoms. The lowest BCUT2D eigenvalue weighted by Gasteiger charge is -2.50. The minimum absolute atomic E-state index is 0.0183. The summed E-state index contributed by atoms with van der Waals surface area (Å²) < 4.78 is 13.3. The third-order valence-corrected chi connectivity index (χ3v) is 5.76. The number of carbonyl (C=O) groups excluding carboxylic acids is 3. The number of Topliss-reactive ketones (excluding diaryl/α,β-unsaturated/α-hetero) is 1. The third kappa shape index (κ3) is 5.05. The highest BCUT2D eigenvalue weighted by molar-refractivity contribution is 6.20. The average molecular weight is 482 g/mol. The maximum atomic E-state index is 13.3. The van der Waals surface area contributed by atoms with Crippen molar-refractivity contribution in [3.63, 3.8) is 0 Å². The first-order valence-corrected chi connectivity index (χ1v) is 10.7. The molecular formula is C24H23FN4O6. The molecule has 10 nitrogen and oxygen atoms in total. The molecule has 2 unspecified atom stereocenters. The molecule has 35 heavy (non-hydrogen) atoms. The first kappa shape index (κ1) is 24.0. The Kier molecular flexibility index (Phi) is 6.63. The number of nitrogens with zero attached hydrogens (tertiary/aromatic N) is 3. The fourth-order valence-electron chi connectivity index (χ4n) is 4.09. The maximum absolute atomic E-state index is 13.3. The number of carboxylic acid groups (broad SMARTS) is 1. The largest absolute Gasteiger partial charge is 0.478 e. The van der Waals surface area contributed by atoms with Gasteiger partial charge in [-0.05, 0) is 35.4 Å². The van der Waals surface area contributed by atoms with Gasteiger partial charge in [0, 0.05) is 31.9 Å². The molecule has 2 aliphatic heterocycles. The van der Waals surface area contributed by atoms with E-state index in [1.807, 2.05) is 0 Å². The molecule has 0 spiro atoms. The Hall–Kier alpha value is -4.09. The summed E-state index contributed by atoms with van der Waals surface area (Å²) in [6.07, 6.45) is -0.805. The highest BCUT2D eigenvalue weighted by Crippen LogP contribution is 2.29. The van der Waals surface area contributed by atoms with Gasteiger partial charge in [0.25, 0.3) is 5.91 Å². The predicted molar refractivity (Wildman–Crippen MR) is 120 cm³/mol. The fraction of sp³-hybridized carbons (Fsp3) is 0.250. The summed E-state index contributed by atoms with van der Waals surface area (Å²) in [5.41, 5.74) is 1.38. The molecule has 2 heterocycles. The van der Waals surface area contributed by atoms with Gasteiger partial charge < -0.3 is 20.4 Å². The minimum Gasteiger partial charge on any atom is -0.478 e. The van der Waals surface area contributed by atoms with E-state index in [1.54, 1.807) is 29.3 Å². The molecule has 2 aromatic carbocycles. The van der Waals surface area contributed by atoms with Gasteiger partial charge >= 0.3 is 5.97 Å². The van der Waals surface area contributed by atoms with Gasteiger partial charge in [0.15, 0.2) is 6.04 Å². The molecule has 2 aliphatic rings. The van der Waals surface area contributed by atoms with Crippen LogP contribution < -0.4 is 5.32 Å². The van der Waals surface area contributed by atoms with Gasteiger partial charge in [-0.1, -0.05) is 24.3 Å². The summed E-state index contributed by atoms with van der Waals surface area (Å²) in [4.78, 5) is 50.0. The predicted octanol–water partition coefficient (Wildman–Crippen LogP) is 1.08. The number of amides is 2. The first-order valence-electron chi connectivity index (χ1n) is 10.7. The summed E-state index contributed by atoms with van der Waals surface area (Å²) >= 11 is 0. The van der Waals surface area contributed by atoms with Crippen molar-refractivity contribution in [2.24, 2.45) is 0 Å². The van der Waals surface area contributed by atoms with E-state index in [9.17, 15) is 33.8 Å². The second-order valence-corrected chi connectivity index (χ2v) is 8.33. The van der Waals surface area contributed by atoms with Crippen LogP contribution in [0.2, 0.25) is 0 Å². The second-order valence-electron chi connectivity index (χ2n) is 8.33. The molecule has 0 aromatic heterocycles. The minimum atomic E-state index is -1.88. The molecule has 0 radical (unpaired) electrons. The quantitative estimate of drug-likeness (QED) is 0.522. The number of hydrazine groups is 1. The Bertz CT molecular complexity index is 1200. The molecule has 3 N–H and O–H groups in total. The zero-order valence-corrected chi connectivity index (χ0v) is 18.7. The van der Waals surface area contributed by atoms with Crippen molar-refractivity contribution in [3.05, 3.63) is 77.2 Å². The van der Waals surface area contributed by atoms with Gasteiger partial charge in [0.05, 0.1) is 6.67 Å². The Morgan fingerprint density at radius 2 is 1.63 bits per heavy atom. The Balaban J connectivity index is 1.66. The van der Waals surface area contributed by atoms with Gasteiger partial charge in [-0.25, -0.2) is 9.18 Å². The summed E-state index contributed by atoms with van der Waals surface area (Å²) in [5.74, 6) is -3.75. The second kappa shape index (κ2) is 9.65. The molecule has 1 fully saturated rings. The van der Waals surface area contributed by atoms with Crippen molar-refractivity contribution in [3.8, 4) is 0 Å². The van der Waals surface area contributed by atoms with Crippen molar-refractivity contribution >= 4 is 29.3 Å². The molecule has 0 saturated carbocycles. The van der Waals surface area contributed by atoms with Crippen LogP contribution in [0.1, 0.15) is 18.1 Å². The molecular weight excluding hydrogens is 459 g/mol. The number of aliphatic hydroxyl groups is 1. The lowest BCUT2D eigenvalue weighted by molar-refractivity contribution is -0.183. The van der Waals surface area contributed by atoms with Crippen LogP contribution in [0, 0.1) is 5.82 Å². The number of ketones is 1. The Labute approximate surface area is 199 Å². The van der Waals surface area contributed by atoms with Crippen LogP contribution in [-0.4, -0.2) is 67.5 Å². The normalized spacial score (nSPS) is 20.4. The van der Waals surface area contributed by atoms with Crippen LogP contribution in [0.4, 0.5) is 10.1 Å². The van der Waals surface area contributed by atoms with Crippen LogP contribution >= 0.6 is 0 Å². The van der Waals surface area contributed by atoms with E-state index in [0.29, 0.717) is 11.3 Å². The monoisotopic (exact) mass is 482 g/mol. The van der Waals surface area contributed by atoms with Gasteiger partial charge in [-0.2, -0.15) is 5.01 Å². The third-order valence-electron chi connectivity index (χ3n) is 5.76. The van der Waals surface area contributed by atoms with Gasteiger partial charge in [-0.3, -0.25) is 19.4 Å². The van der Waals surface area contributed by atoms with Crippen LogP contribution in [0.3, 0.4) is 0 Å². The lowest BCUT2D eigenvalue weighted by atomic mass is 9.94. The van der Waals surface area contributed by atoms with Gasteiger partial charge in [0.2, 0.25) is 11.7 Å². The molecule has 182 valence electrons. The lowest BCUT2D eigenvalue weighted by Crippen LogP contribution is -2.68. The van der Waals surface area contributed by atoms with Crippen LogP contribution in [0.15, 0.2) is 60.3 Å². The van der Waals surface area contributed by atoms with Crippen molar-refractivity contribution in [1.29, 1.82) is 0 Å². The van der Waals surface area contributed by atoms with Crippen molar-refractivity contribution in [1.82, 2.24) is 14.9 Å². The van der Waals surface area contributed by atoms with E-state index in [-0.39, 0.29) is 25.7 Å². The summed E-state index contributed by atoms with van der Waals surface area (Å²) in [5, 5.41) is 25.7. The number of hydrogen-bond donors (Lipinski definition) is 3. The van der Waals surface area contributed by atoms with Crippen LogP contribution in [0.25, 0.3) is 0 Å². The van der Waals surface area contributed by atoms with E-state index in [0.717, 1.165) is 11.8 Å². The number of halogens is 1. The SMILES string of the molecule is CC(=O)Nc1ccc(CN2CN(Cc3ccc(F)cc3)C(=O)C3C(O)C(=O)C(C(=O)O)=CN32)cc1. The number of aliphatic hydroxyl groups excluding tert-OH is 1. The Morgan fingerprint density at radius 3 is 2.23 bits per heavy atom. The van der Waals surface area contributed by atoms with Gasteiger partial charge in [0.1, 0.15) is 17.5 Å². The van der Waals surface area contributed by atoms with Crippen LogP contribution in [-0.2, 0) is 32.3 Å². The number of anilines is 1. The number of fused-ring (bicyclic) bond motifs is 1. The van der Waals surface area contributed by atoms with Gasteiger partial charge in [-0.15, -0.1) is 0 Å². The van der Waals surface area contributed by atoms with E-state index in [1.165, 1.54) is 41.1 Å². The summed E-state index contributed by atoms with van der Waals surface area (Å²) in [7, 11) is 0. The highest BCUT2D eigenvalue weighted by Gasteiger charge is 2.49. The van der Waals surface area contributed by atoms with E-state index < -0.39 is 41.2 Å². The van der Waals surface area contributed by atoms with Crippen molar-refractivity contribution in [2.45, 2.75) is 32.2 Å². The first-order chi connectivity index (χ1) is 16.6. The standard InChI is InChI=1S/C24H23FN4O6/c1-14(30)26-18-8-4-16(5-9-18)11-28-13-27(10-15-2-6-17(25)7-3-15)23(33)20-22(32)21(31)19(24(34)35)12-29(20)28/h2-9,12,20,22,32H,10-11,13H2,1H3,(H,26,30)(H,34,35). The number of aliphatic carboxylic acids is 1. The molecule has 2 aromatic rings. The number of rotatable bonds is 6. The number of carboxylic acids is 1. The van der Waals surface area contributed by atoms with Crippen LogP contribution in [0.5, 0.6) is 0 Å². The molecule has 11 heteroatoms. The zero-order chi connectivity index (χ0) is 25.3. The number of benzene rings is 2. The van der Waals surface area contributed by atoms with E-state index in [4.69, 9.17) is 0 Å². The molecule has 4 rings (SSSR count). The van der Waals surface area contributed by atoms with E-state index >= 15 is 0 Å². The van der Waals surface area contributed by atoms with E-state index in [2.05, 4.69) is 5.32 Å². The highest BCUT2D eigenvalue weighted by atomic mass is 19.1. The Morgan fingerprint density at radius 1 is 1.03 bits per heavy atom. The molecule has 2 atom stereocenters. The molecule has 2 amide bonds. The zero-order valence-electron chi connectivity index (χ0n) is 18.7. The number of carbonyl (C=O) groups is 4. The van der Waals surface area contributed by atoms with Crippen molar-refractivity contribution in [2.75, 3.05) is 12.0 Å². The summed E-state index contributed by atoms with van der Waals surface area (Å²) in [6, 6.07) is 11.2. The topological polar surface area (TPSA) is 130 Å². The average Bonchev–Trinajstić information content (AvgIpc) is 2.80. The maximum Gasteiger partial charge on any atom is 0.340 e. The van der Waals surface area contributed by atoms with Crippen molar-refractivity contribution < 1.29 is 33.8 Å². The smallest absolute Gasteiger partial charge is 0.340 e. The molecule has 1 saturated heterocycles. The summed E-state index contributed by atoms with van der Waals surface area (Å²) in [6.45, 7) is 1.71. The molecule has 0 aliphatic carbocycles.